The molecule has 0 aliphatic carbocycles. The maximum absolute atomic E-state index is 12.3. The molecule has 0 atom stereocenters. The van der Waals surface area contributed by atoms with E-state index < -0.39 is 0 Å². The van der Waals surface area contributed by atoms with Gasteiger partial charge < -0.3 is 9.88 Å². The summed E-state index contributed by atoms with van der Waals surface area (Å²) < 4.78 is 0. The van der Waals surface area contributed by atoms with Crippen LogP contribution in [-0.2, 0) is 19.5 Å². The molecule has 2 aliphatic rings. The lowest BCUT2D eigenvalue weighted by atomic mass is 10.1. The van der Waals surface area contributed by atoms with Gasteiger partial charge in [-0.05, 0) is 32.3 Å². The van der Waals surface area contributed by atoms with Gasteiger partial charge in [0.05, 0.1) is 11.3 Å². The van der Waals surface area contributed by atoms with E-state index in [-0.39, 0.29) is 5.56 Å². The summed E-state index contributed by atoms with van der Waals surface area (Å²) in [6.45, 7) is 6.44. The molecule has 0 radical (unpaired) electrons. The zero-order chi connectivity index (χ0) is 17.2. The predicted molar refractivity (Wildman–Crippen MR) is 97.7 cm³/mol. The number of nitrogens with zero attached hydrogens (tertiary/aromatic N) is 4. The molecule has 4 heterocycles. The van der Waals surface area contributed by atoms with E-state index >= 15 is 0 Å². The Morgan fingerprint density at radius 3 is 2.88 bits per heavy atom. The molecule has 1 saturated heterocycles. The van der Waals surface area contributed by atoms with Crippen LogP contribution >= 0.6 is 0 Å². The van der Waals surface area contributed by atoms with Crippen molar-refractivity contribution in [3.8, 4) is 0 Å². The summed E-state index contributed by atoms with van der Waals surface area (Å²) in [5.74, 6) is 1.82. The minimum absolute atomic E-state index is 0.00893. The molecule has 0 saturated carbocycles. The molecule has 6 heteroatoms. The summed E-state index contributed by atoms with van der Waals surface area (Å²) >= 11 is 0. The number of fused-ring (bicyclic) bond motifs is 1. The minimum atomic E-state index is 0.00893. The summed E-state index contributed by atoms with van der Waals surface area (Å²) in [5, 5.41) is 0. The number of aryl methyl sites for hydroxylation is 1. The molecule has 0 spiro atoms. The van der Waals surface area contributed by atoms with Crippen molar-refractivity contribution in [2.45, 2.75) is 45.7 Å². The number of H-pyrrole nitrogens is 1. The maximum Gasteiger partial charge on any atom is 0.255 e. The van der Waals surface area contributed by atoms with E-state index in [4.69, 9.17) is 0 Å². The van der Waals surface area contributed by atoms with Gasteiger partial charge in [0.2, 0.25) is 0 Å². The first-order valence-electron chi connectivity index (χ1n) is 9.20. The van der Waals surface area contributed by atoms with Crippen molar-refractivity contribution in [3.63, 3.8) is 0 Å². The van der Waals surface area contributed by atoms with Crippen LogP contribution in [0.4, 0.5) is 5.82 Å². The van der Waals surface area contributed by atoms with E-state index in [9.17, 15) is 4.79 Å². The van der Waals surface area contributed by atoms with E-state index in [1.54, 1.807) is 0 Å². The van der Waals surface area contributed by atoms with Crippen molar-refractivity contribution in [2.75, 3.05) is 24.5 Å². The van der Waals surface area contributed by atoms with Gasteiger partial charge in [-0.1, -0.05) is 6.07 Å². The molecule has 1 N–H and O–H groups in total. The van der Waals surface area contributed by atoms with Crippen LogP contribution in [0.25, 0.3) is 0 Å². The average molecular weight is 339 g/mol. The molecule has 2 aromatic heterocycles. The summed E-state index contributed by atoms with van der Waals surface area (Å²) in [6.07, 6.45) is 6.52. The third-order valence-electron chi connectivity index (χ3n) is 5.18. The van der Waals surface area contributed by atoms with E-state index in [1.165, 1.54) is 24.8 Å². The second kappa shape index (κ2) is 6.96. The van der Waals surface area contributed by atoms with Crippen molar-refractivity contribution >= 4 is 5.82 Å². The largest absolute Gasteiger partial charge is 0.356 e. The standard InChI is InChI=1S/C19H25N5O/c1-14-21-17-7-11-23(13-16(17)19(25)22-14)12-15-6-5-8-20-18(15)24-9-3-2-4-10-24/h5-6,8H,2-4,7,9-13H2,1H3,(H,21,22,25). The Morgan fingerprint density at radius 1 is 1.20 bits per heavy atom. The second-order valence-corrected chi connectivity index (χ2v) is 7.07. The van der Waals surface area contributed by atoms with Gasteiger partial charge >= 0.3 is 0 Å². The van der Waals surface area contributed by atoms with Crippen LogP contribution in [0.1, 0.15) is 41.9 Å². The average Bonchev–Trinajstić information content (AvgIpc) is 2.63. The van der Waals surface area contributed by atoms with E-state index in [0.717, 1.165) is 49.7 Å². The van der Waals surface area contributed by atoms with Crippen LogP contribution in [0.3, 0.4) is 0 Å². The number of hydrogen-bond acceptors (Lipinski definition) is 5. The van der Waals surface area contributed by atoms with Crippen molar-refractivity contribution in [1.29, 1.82) is 0 Å². The van der Waals surface area contributed by atoms with Crippen LogP contribution in [-0.4, -0.2) is 39.5 Å². The number of anilines is 1. The minimum Gasteiger partial charge on any atom is -0.356 e. The quantitative estimate of drug-likeness (QED) is 0.927. The molecule has 1 fully saturated rings. The van der Waals surface area contributed by atoms with Gasteiger partial charge in [-0.15, -0.1) is 0 Å². The van der Waals surface area contributed by atoms with Crippen molar-refractivity contribution in [3.05, 3.63) is 51.3 Å². The van der Waals surface area contributed by atoms with Crippen molar-refractivity contribution in [2.24, 2.45) is 0 Å². The molecule has 4 rings (SSSR count). The van der Waals surface area contributed by atoms with Gasteiger partial charge in [0.1, 0.15) is 11.6 Å². The number of pyridine rings is 1. The Hall–Kier alpha value is -2.21. The number of hydrogen-bond donors (Lipinski definition) is 1. The smallest absolute Gasteiger partial charge is 0.255 e. The zero-order valence-corrected chi connectivity index (χ0v) is 14.8. The van der Waals surface area contributed by atoms with Crippen molar-refractivity contribution < 1.29 is 0 Å². The fraction of sp³-hybridized carbons (Fsp3) is 0.526. The monoisotopic (exact) mass is 339 g/mol. The van der Waals surface area contributed by atoms with E-state index in [2.05, 4.69) is 30.8 Å². The van der Waals surface area contributed by atoms with E-state index in [1.807, 2.05) is 19.2 Å². The van der Waals surface area contributed by atoms with Crippen LogP contribution in [0.15, 0.2) is 23.1 Å². The lowest BCUT2D eigenvalue weighted by molar-refractivity contribution is 0.241. The van der Waals surface area contributed by atoms with Gasteiger partial charge in [-0.2, -0.15) is 0 Å². The third-order valence-corrected chi connectivity index (χ3v) is 5.18. The normalized spacial score (nSPS) is 18.2. The lowest BCUT2D eigenvalue weighted by Crippen LogP contribution is -2.36. The first-order chi connectivity index (χ1) is 12.2. The highest BCUT2D eigenvalue weighted by Crippen LogP contribution is 2.24. The molecule has 2 aliphatic heterocycles. The van der Waals surface area contributed by atoms with Gasteiger partial charge in [-0.25, -0.2) is 9.97 Å². The Balaban J connectivity index is 1.54. The van der Waals surface area contributed by atoms with Gasteiger partial charge in [-0.3, -0.25) is 9.69 Å². The number of rotatable bonds is 3. The Kier molecular flexibility index (Phi) is 4.53. The second-order valence-electron chi connectivity index (χ2n) is 7.07. The Bertz CT molecular complexity index is 810. The first-order valence-corrected chi connectivity index (χ1v) is 9.20. The molecule has 0 unspecified atom stereocenters. The number of aromatic nitrogens is 3. The predicted octanol–water partition coefficient (Wildman–Crippen LogP) is 2.02. The van der Waals surface area contributed by atoms with Crippen LogP contribution in [0.2, 0.25) is 0 Å². The molecule has 0 aromatic carbocycles. The van der Waals surface area contributed by atoms with E-state index in [0.29, 0.717) is 12.4 Å². The van der Waals surface area contributed by atoms with Gasteiger partial charge in [0.15, 0.2) is 0 Å². The molecule has 0 amide bonds. The van der Waals surface area contributed by atoms with Gasteiger partial charge in [0, 0.05) is 50.9 Å². The third kappa shape index (κ3) is 3.44. The zero-order valence-electron chi connectivity index (χ0n) is 14.8. The van der Waals surface area contributed by atoms with Crippen LogP contribution < -0.4 is 10.5 Å². The molecule has 132 valence electrons. The fourth-order valence-corrected chi connectivity index (χ4v) is 3.93. The Labute approximate surface area is 147 Å². The topological polar surface area (TPSA) is 65.1 Å². The fourth-order valence-electron chi connectivity index (χ4n) is 3.93. The number of aromatic amines is 1. The lowest BCUT2D eigenvalue weighted by Gasteiger charge is -2.32. The summed E-state index contributed by atoms with van der Waals surface area (Å²) in [7, 11) is 0. The highest BCUT2D eigenvalue weighted by atomic mass is 16.1. The molecular weight excluding hydrogens is 314 g/mol. The Morgan fingerprint density at radius 2 is 2.04 bits per heavy atom. The molecule has 0 bridgehead atoms. The number of nitrogens with one attached hydrogen (secondary N) is 1. The summed E-state index contributed by atoms with van der Waals surface area (Å²) in [5.41, 5.74) is 3.04. The highest BCUT2D eigenvalue weighted by Gasteiger charge is 2.23. The molecule has 2 aromatic rings. The molecule has 6 nitrogen and oxygen atoms in total. The SMILES string of the molecule is Cc1nc2c(c(=O)[nH]1)CN(Cc1cccnc1N1CCCCC1)CC2. The molecule has 25 heavy (non-hydrogen) atoms. The maximum atomic E-state index is 12.3. The van der Waals surface area contributed by atoms with Crippen molar-refractivity contribution in [1.82, 2.24) is 19.9 Å². The summed E-state index contributed by atoms with van der Waals surface area (Å²) in [4.78, 5) is 29.0. The van der Waals surface area contributed by atoms with Crippen LogP contribution in [0, 0.1) is 6.92 Å². The first kappa shape index (κ1) is 16.3. The number of piperidine rings is 1. The summed E-state index contributed by atoms with van der Waals surface area (Å²) in [6, 6.07) is 4.18. The van der Waals surface area contributed by atoms with Crippen LogP contribution in [0.5, 0.6) is 0 Å². The molecular formula is C19H25N5O. The highest BCUT2D eigenvalue weighted by molar-refractivity contribution is 5.47. The van der Waals surface area contributed by atoms with Gasteiger partial charge in [0.25, 0.3) is 5.56 Å².